The lowest BCUT2D eigenvalue weighted by Gasteiger charge is -2.07. The first-order valence-corrected chi connectivity index (χ1v) is 12.3. The highest BCUT2D eigenvalue weighted by atomic mass is 32.2. The standard InChI is InChI=1S/C23H18N8O2S/c1-13-11-31(12-26-13)19-5-8-25-23-14(19)9-18(28-23)22-21-17(29-30-22)4-3-16(27-21)15-10-24-7-6-20(15)34(2,32)33/h3-12H,1-2H3,(H,25,28)(H,29,30). The maximum Gasteiger partial charge on any atom is 0.176 e. The molecular formula is C23H18N8O2S. The van der Waals surface area contributed by atoms with Crippen molar-refractivity contribution >= 4 is 31.9 Å². The SMILES string of the molecule is Cc1cn(-c2ccnc3[nH]c(-c4n[nH]c5ccc(-c6cnccc6S(C)(=O)=O)nc45)cc23)cn1. The second-order valence-electron chi connectivity index (χ2n) is 8.01. The number of aromatic nitrogens is 8. The molecule has 0 amide bonds. The van der Waals surface area contributed by atoms with Gasteiger partial charge in [-0.3, -0.25) is 10.1 Å². The maximum atomic E-state index is 12.3. The Balaban J connectivity index is 1.52. The average molecular weight is 471 g/mol. The van der Waals surface area contributed by atoms with Crippen LogP contribution in [0.15, 0.2) is 66.3 Å². The van der Waals surface area contributed by atoms with Crippen molar-refractivity contribution in [1.29, 1.82) is 0 Å². The van der Waals surface area contributed by atoms with Gasteiger partial charge in [0.1, 0.15) is 16.9 Å². The van der Waals surface area contributed by atoms with Crippen LogP contribution in [0.4, 0.5) is 0 Å². The molecule has 0 saturated carbocycles. The third-order valence-corrected chi connectivity index (χ3v) is 6.77. The summed E-state index contributed by atoms with van der Waals surface area (Å²) in [6, 6.07) is 8.96. The fourth-order valence-electron chi connectivity index (χ4n) is 4.05. The molecule has 0 aliphatic heterocycles. The van der Waals surface area contributed by atoms with Crippen molar-refractivity contribution in [3.8, 4) is 28.3 Å². The molecule has 0 atom stereocenters. The summed E-state index contributed by atoms with van der Waals surface area (Å²) in [6.45, 7) is 1.94. The molecule has 34 heavy (non-hydrogen) atoms. The second kappa shape index (κ2) is 7.32. The predicted octanol–water partition coefficient (Wildman–Crippen LogP) is 3.46. The van der Waals surface area contributed by atoms with Gasteiger partial charge < -0.3 is 9.55 Å². The number of aromatic amines is 2. The molecule has 2 N–H and O–H groups in total. The molecule has 6 aromatic heterocycles. The summed E-state index contributed by atoms with van der Waals surface area (Å²) in [4.78, 5) is 21.1. The van der Waals surface area contributed by atoms with E-state index in [4.69, 9.17) is 4.98 Å². The van der Waals surface area contributed by atoms with Gasteiger partial charge in [0.25, 0.3) is 0 Å². The van der Waals surface area contributed by atoms with Crippen LogP contribution in [-0.4, -0.2) is 54.4 Å². The Morgan fingerprint density at radius 3 is 2.74 bits per heavy atom. The average Bonchev–Trinajstić information content (AvgIpc) is 3.55. The first-order valence-electron chi connectivity index (χ1n) is 10.4. The minimum atomic E-state index is -3.46. The van der Waals surface area contributed by atoms with Gasteiger partial charge in [-0.25, -0.2) is 23.4 Å². The van der Waals surface area contributed by atoms with Crippen molar-refractivity contribution in [2.24, 2.45) is 0 Å². The van der Waals surface area contributed by atoms with Crippen molar-refractivity contribution in [1.82, 2.24) is 39.7 Å². The molecule has 6 heterocycles. The van der Waals surface area contributed by atoms with Crippen LogP contribution >= 0.6 is 0 Å². The molecule has 0 spiro atoms. The molecule has 10 nitrogen and oxygen atoms in total. The zero-order chi connectivity index (χ0) is 23.4. The second-order valence-corrected chi connectivity index (χ2v) is 9.99. The van der Waals surface area contributed by atoms with E-state index in [9.17, 15) is 8.42 Å². The van der Waals surface area contributed by atoms with Crippen molar-refractivity contribution < 1.29 is 8.42 Å². The van der Waals surface area contributed by atoms with Crippen LogP contribution in [0, 0.1) is 6.92 Å². The Morgan fingerprint density at radius 1 is 1.06 bits per heavy atom. The summed E-state index contributed by atoms with van der Waals surface area (Å²) in [5, 5.41) is 8.39. The lowest BCUT2D eigenvalue weighted by Crippen LogP contribution is -2.01. The lowest BCUT2D eigenvalue weighted by molar-refractivity contribution is 0.602. The Hall–Kier alpha value is -4.38. The van der Waals surface area contributed by atoms with E-state index < -0.39 is 9.84 Å². The van der Waals surface area contributed by atoms with Crippen molar-refractivity contribution in [3.63, 3.8) is 0 Å². The van der Waals surface area contributed by atoms with E-state index in [0.29, 0.717) is 28.1 Å². The van der Waals surface area contributed by atoms with Gasteiger partial charge in [-0.05, 0) is 37.3 Å². The van der Waals surface area contributed by atoms with E-state index in [1.807, 2.05) is 35.9 Å². The van der Waals surface area contributed by atoms with Crippen LogP contribution in [-0.2, 0) is 9.84 Å². The van der Waals surface area contributed by atoms with Gasteiger partial charge in [0.2, 0.25) is 0 Å². The molecule has 0 saturated heterocycles. The van der Waals surface area contributed by atoms with Crippen molar-refractivity contribution in [2.75, 3.05) is 6.26 Å². The molecule has 6 rings (SSSR count). The number of sulfone groups is 1. The van der Waals surface area contributed by atoms with Crippen LogP contribution in [0.1, 0.15) is 5.69 Å². The summed E-state index contributed by atoms with van der Waals surface area (Å²) >= 11 is 0. The number of imidazole rings is 1. The summed E-state index contributed by atoms with van der Waals surface area (Å²) in [6.07, 6.45) is 9.59. The molecular weight excluding hydrogens is 452 g/mol. The summed E-state index contributed by atoms with van der Waals surface area (Å²) in [5.41, 5.74) is 6.16. The number of nitrogens with one attached hydrogen (secondary N) is 2. The van der Waals surface area contributed by atoms with E-state index in [-0.39, 0.29) is 4.90 Å². The molecule has 11 heteroatoms. The number of pyridine rings is 3. The zero-order valence-electron chi connectivity index (χ0n) is 18.2. The summed E-state index contributed by atoms with van der Waals surface area (Å²) in [5.74, 6) is 0. The van der Waals surface area contributed by atoms with Crippen LogP contribution in [0.3, 0.4) is 0 Å². The minimum Gasteiger partial charge on any atom is -0.338 e. The first kappa shape index (κ1) is 20.2. The van der Waals surface area contributed by atoms with Crippen molar-refractivity contribution in [3.05, 3.63) is 67.1 Å². The highest BCUT2D eigenvalue weighted by molar-refractivity contribution is 7.90. The number of fused-ring (bicyclic) bond motifs is 2. The summed E-state index contributed by atoms with van der Waals surface area (Å²) in [7, 11) is -3.46. The van der Waals surface area contributed by atoms with Gasteiger partial charge in [-0.15, -0.1) is 0 Å². The molecule has 6 aromatic rings. The van der Waals surface area contributed by atoms with Gasteiger partial charge in [-0.2, -0.15) is 5.10 Å². The van der Waals surface area contributed by atoms with E-state index >= 15 is 0 Å². The molecule has 0 fully saturated rings. The van der Waals surface area contributed by atoms with E-state index in [1.165, 1.54) is 24.7 Å². The van der Waals surface area contributed by atoms with Crippen molar-refractivity contribution in [2.45, 2.75) is 11.8 Å². The fraction of sp³-hybridized carbons (Fsp3) is 0.0870. The zero-order valence-corrected chi connectivity index (χ0v) is 19.0. The van der Waals surface area contributed by atoms with E-state index in [0.717, 1.165) is 28.0 Å². The number of nitrogens with zero attached hydrogens (tertiary/aromatic N) is 6. The number of hydrogen-bond donors (Lipinski definition) is 2. The predicted molar refractivity (Wildman–Crippen MR) is 127 cm³/mol. The number of hydrogen-bond acceptors (Lipinski definition) is 7. The Kier molecular flexibility index (Phi) is 4.36. The Morgan fingerprint density at radius 2 is 1.94 bits per heavy atom. The van der Waals surface area contributed by atoms with Crippen LogP contribution in [0.2, 0.25) is 0 Å². The topological polar surface area (TPSA) is 135 Å². The normalized spacial score (nSPS) is 12.1. The molecule has 0 aromatic carbocycles. The summed E-state index contributed by atoms with van der Waals surface area (Å²) < 4.78 is 26.5. The monoisotopic (exact) mass is 470 g/mol. The lowest BCUT2D eigenvalue weighted by atomic mass is 10.1. The molecule has 168 valence electrons. The third kappa shape index (κ3) is 3.25. The first-order chi connectivity index (χ1) is 16.4. The van der Waals surface area contributed by atoms with Crippen LogP contribution in [0.5, 0.6) is 0 Å². The molecule has 0 aliphatic carbocycles. The minimum absolute atomic E-state index is 0.175. The number of aryl methyl sites for hydroxylation is 1. The fourth-order valence-corrected chi connectivity index (χ4v) is 4.92. The van der Waals surface area contributed by atoms with E-state index in [1.54, 1.807) is 18.6 Å². The van der Waals surface area contributed by atoms with E-state index in [2.05, 4.69) is 30.1 Å². The number of rotatable bonds is 4. The van der Waals surface area contributed by atoms with Crippen LogP contribution in [0.25, 0.3) is 50.4 Å². The largest absolute Gasteiger partial charge is 0.338 e. The maximum absolute atomic E-state index is 12.3. The van der Waals surface area contributed by atoms with Gasteiger partial charge in [0.05, 0.1) is 39.5 Å². The number of H-pyrrole nitrogens is 2. The molecule has 0 unspecified atom stereocenters. The Labute approximate surface area is 193 Å². The Bertz CT molecular complexity index is 1810. The highest BCUT2D eigenvalue weighted by Crippen LogP contribution is 2.32. The quantitative estimate of drug-likeness (QED) is 0.403. The van der Waals surface area contributed by atoms with Gasteiger partial charge >= 0.3 is 0 Å². The molecule has 0 bridgehead atoms. The molecule has 0 aliphatic rings. The van der Waals surface area contributed by atoms with Gasteiger partial charge in [0, 0.05) is 42.0 Å². The highest BCUT2D eigenvalue weighted by Gasteiger charge is 2.19. The third-order valence-electron chi connectivity index (χ3n) is 5.62. The smallest absolute Gasteiger partial charge is 0.176 e. The molecule has 0 radical (unpaired) electrons. The van der Waals surface area contributed by atoms with Gasteiger partial charge in [-0.1, -0.05) is 0 Å². The van der Waals surface area contributed by atoms with Crippen LogP contribution < -0.4 is 0 Å². The van der Waals surface area contributed by atoms with Gasteiger partial charge in [0.15, 0.2) is 9.84 Å².